The Balaban J connectivity index is 1.79. The number of carbonyl (C=O) groups excluding carboxylic acids is 1. The number of rotatable bonds is 7. The molecule has 0 aliphatic carbocycles. The average molecular weight is 453 g/mol. The van der Waals surface area contributed by atoms with Crippen LogP contribution in [0.3, 0.4) is 0 Å². The molecule has 2 aromatic rings. The van der Waals surface area contributed by atoms with Gasteiger partial charge in [-0.15, -0.1) is 0 Å². The Kier molecular flexibility index (Phi) is 7.23. The topological polar surface area (TPSA) is 84.9 Å². The first-order chi connectivity index (χ1) is 14.4. The predicted molar refractivity (Wildman–Crippen MR) is 115 cm³/mol. The van der Waals surface area contributed by atoms with E-state index in [1.54, 1.807) is 25.3 Å². The Morgan fingerprint density at radius 1 is 1.07 bits per heavy atom. The Morgan fingerprint density at radius 3 is 2.47 bits per heavy atom. The summed E-state index contributed by atoms with van der Waals surface area (Å²) in [4.78, 5) is 12.8. The lowest BCUT2D eigenvalue weighted by atomic mass is 10.1. The van der Waals surface area contributed by atoms with Gasteiger partial charge in [0, 0.05) is 31.3 Å². The summed E-state index contributed by atoms with van der Waals surface area (Å²) in [5.74, 6) is 0.747. The minimum absolute atomic E-state index is 0.0704. The van der Waals surface area contributed by atoms with Crippen molar-refractivity contribution in [3.8, 4) is 11.5 Å². The zero-order valence-electron chi connectivity index (χ0n) is 17.0. The highest BCUT2D eigenvalue weighted by Gasteiger charge is 2.27. The number of piperidine rings is 1. The van der Waals surface area contributed by atoms with E-state index in [2.05, 4.69) is 5.32 Å². The van der Waals surface area contributed by atoms with Crippen molar-refractivity contribution in [1.82, 2.24) is 9.62 Å². The van der Waals surface area contributed by atoms with Gasteiger partial charge in [0.05, 0.1) is 29.7 Å². The molecule has 162 valence electrons. The summed E-state index contributed by atoms with van der Waals surface area (Å²) in [7, 11) is -0.567. The molecule has 3 rings (SSSR count). The van der Waals surface area contributed by atoms with E-state index in [-0.39, 0.29) is 22.0 Å². The van der Waals surface area contributed by atoms with Crippen LogP contribution < -0.4 is 14.8 Å². The molecule has 0 unspecified atom stereocenters. The molecule has 0 aromatic heterocycles. The highest BCUT2D eigenvalue weighted by atomic mass is 35.5. The molecule has 1 heterocycles. The molecule has 1 aliphatic rings. The smallest absolute Gasteiger partial charge is 0.253 e. The molecule has 7 nitrogen and oxygen atoms in total. The van der Waals surface area contributed by atoms with Crippen LogP contribution in [0.25, 0.3) is 0 Å². The third-order valence-electron chi connectivity index (χ3n) is 5.07. The second-order valence-corrected chi connectivity index (χ2v) is 9.31. The van der Waals surface area contributed by atoms with Gasteiger partial charge in [-0.25, -0.2) is 8.42 Å². The molecule has 1 amide bonds. The van der Waals surface area contributed by atoms with Crippen molar-refractivity contribution in [3.05, 3.63) is 52.5 Å². The third-order valence-corrected chi connectivity index (χ3v) is 7.29. The fourth-order valence-electron chi connectivity index (χ4n) is 3.36. The summed E-state index contributed by atoms with van der Waals surface area (Å²) >= 11 is 6.20. The van der Waals surface area contributed by atoms with E-state index in [1.165, 1.54) is 29.6 Å². The van der Waals surface area contributed by atoms with Crippen molar-refractivity contribution in [2.75, 3.05) is 27.3 Å². The largest absolute Gasteiger partial charge is 0.497 e. The third kappa shape index (κ3) is 4.88. The van der Waals surface area contributed by atoms with E-state index in [0.29, 0.717) is 24.6 Å². The van der Waals surface area contributed by atoms with Crippen molar-refractivity contribution >= 4 is 27.5 Å². The predicted octanol–water partition coefficient (Wildman–Crippen LogP) is 3.46. The van der Waals surface area contributed by atoms with Crippen LogP contribution in [-0.2, 0) is 16.6 Å². The van der Waals surface area contributed by atoms with Crippen LogP contribution in [0, 0.1) is 0 Å². The Morgan fingerprint density at radius 2 is 1.80 bits per heavy atom. The first-order valence-corrected chi connectivity index (χ1v) is 11.5. The van der Waals surface area contributed by atoms with Crippen LogP contribution in [0.5, 0.6) is 11.5 Å². The van der Waals surface area contributed by atoms with Gasteiger partial charge in [0.1, 0.15) is 11.5 Å². The maximum atomic E-state index is 12.9. The highest BCUT2D eigenvalue weighted by molar-refractivity contribution is 7.89. The van der Waals surface area contributed by atoms with Gasteiger partial charge >= 0.3 is 0 Å². The van der Waals surface area contributed by atoms with Gasteiger partial charge in [-0.3, -0.25) is 4.79 Å². The van der Waals surface area contributed by atoms with E-state index < -0.39 is 15.9 Å². The molecule has 0 atom stereocenters. The first-order valence-electron chi connectivity index (χ1n) is 9.65. The molecule has 30 heavy (non-hydrogen) atoms. The van der Waals surface area contributed by atoms with Crippen molar-refractivity contribution in [3.63, 3.8) is 0 Å². The summed E-state index contributed by atoms with van der Waals surface area (Å²) in [6, 6.07) is 9.50. The fourth-order valence-corrected chi connectivity index (χ4v) is 5.11. The Hall–Kier alpha value is -2.29. The van der Waals surface area contributed by atoms with Crippen molar-refractivity contribution < 1.29 is 22.7 Å². The minimum Gasteiger partial charge on any atom is -0.497 e. The molecule has 1 fully saturated rings. The monoisotopic (exact) mass is 452 g/mol. The summed E-state index contributed by atoms with van der Waals surface area (Å²) in [6.45, 7) is 1.17. The van der Waals surface area contributed by atoms with E-state index in [9.17, 15) is 13.2 Å². The lowest BCUT2D eigenvalue weighted by Crippen LogP contribution is -2.35. The molecule has 9 heteroatoms. The number of amides is 1. The number of hydrogen-bond donors (Lipinski definition) is 1. The highest BCUT2D eigenvalue weighted by Crippen LogP contribution is 2.27. The van der Waals surface area contributed by atoms with Crippen LogP contribution >= 0.6 is 11.6 Å². The number of benzene rings is 2. The standard InChI is InChI=1S/C21H25ClN2O5S/c1-28-16-7-6-15(20(12-16)29-2)14-23-21(25)18-13-17(8-9-19(18)22)30(26,27)24-10-4-3-5-11-24/h6-9,12-13H,3-5,10-11,14H2,1-2H3,(H,23,25). The van der Waals surface area contributed by atoms with Crippen LogP contribution in [0.1, 0.15) is 35.2 Å². The van der Waals surface area contributed by atoms with E-state index in [0.717, 1.165) is 24.8 Å². The number of methoxy groups -OCH3 is 2. The average Bonchev–Trinajstić information content (AvgIpc) is 2.78. The lowest BCUT2D eigenvalue weighted by Gasteiger charge is -2.26. The second-order valence-electron chi connectivity index (χ2n) is 6.97. The van der Waals surface area contributed by atoms with E-state index in [1.807, 2.05) is 0 Å². The van der Waals surface area contributed by atoms with E-state index >= 15 is 0 Å². The number of nitrogens with zero attached hydrogens (tertiary/aromatic N) is 1. The van der Waals surface area contributed by atoms with E-state index in [4.69, 9.17) is 21.1 Å². The molecule has 0 spiro atoms. The summed E-state index contributed by atoms with van der Waals surface area (Å²) in [5, 5.41) is 2.96. The fraction of sp³-hybridized carbons (Fsp3) is 0.381. The summed E-state index contributed by atoms with van der Waals surface area (Å²) in [5.41, 5.74) is 0.863. The minimum atomic E-state index is -3.66. The molecular formula is C21H25ClN2O5S. The molecule has 0 bridgehead atoms. The molecule has 1 saturated heterocycles. The van der Waals surface area contributed by atoms with Gasteiger partial charge < -0.3 is 14.8 Å². The van der Waals surface area contributed by atoms with Crippen molar-refractivity contribution in [2.45, 2.75) is 30.7 Å². The van der Waals surface area contributed by atoms with Crippen molar-refractivity contribution in [2.24, 2.45) is 0 Å². The quantitative estimate of drug-likeness (QED) is 0.695. The van der Waals surface area contributed by atoms with Gasteiger partial charge in [0.25, 0.3) is 5.91 Å². The lowest BCUT2D eigenvalue weighted by molar-refractivity contribution is 0.0950. The van der Waals surface area contributed by atoms with Gasteiger partial charge in [-0.1, -0.05) is 18.0 Å². The zero-order chi connectivity index (χ0) is 21.7. The van der Waals surface area contributed by atoms with Gasteiger partial charge in [-0.05, 0) is 43.2 Å². The normalized spacial score (nSPS) is 14.9. The van der Waals surface area contributed by atoms with Gasteiger partial charge in [-0.2, -0.15) is 4.31 Å². The Bertz CT molecular complexity index is 1020. The second kappa shape index (κ2) is 9.68. The van der Waals surface area contributed by atoms with Crippen LogP contribution in [-0.4, -0.2) is 45.9 Å². The van der Waals surface area contributed by atoms with Crippen LogP contribution in [0.2, 0.25) is 5.02 Å². The Labute approximate surface area is 182 Å². The van der Waals surface area contributed by atoms with Crippen LogP contribution in [0.15, 0.2) is 41.3 Å². The van der Waals surface area contributed by atoms with Gasteiger partial charge in [0.15, 0.2) is 0 Å². The maximum Gasteiger partial charge on any atom is 0.253 e. The molecule has 2 aromatic carbocycles. The molecule has 0 saturated carbocycles. The molecule has 0 radical (unpaired) electrons. The number of halogens is 1. The van der Waals surface area contributed by atoms with Crippen molar-refractivity contribution in [1.29, 1.82) is 0 Å². The number of carbonyl (C=O) groups is 1. The molecule has 1 aliphatic heterocycles. The summed E-state index contributed by atoms with van der Waals surface area (Å²) < 4.78 is 37.8. The molecular weight excluding hydrogens is 428 g/mol. The SMILES string of the molecule is COc1ccc(CNC(=O)c2cc(S(=O)(=O)N3CCCCC3)ccc2Cl)c(OC)c1. The van der Waals surface area contributed by atoms with Gasteiger partial charge in [0.2, 0.25) is 10.0 Å². The van der Waals surface area contributed by atoms with Crippen LogP contribution in [0.4, 0.5) is 0 Å². The number of nitrogens with one attached hydrogen (secondary N) is 1. The summed E-state index contributed by atoms with van der Waals surface area (Å²) in [6.07, 6.45) is 2.70. The first kappa shape index (κ1) is 22.4. The zero-order valence-corrected chi connectivity index (χ0v) is 18.6. The number of hydrogen-bond acceptors (Lipinski definition) is 5. The molecule has 1 N–H and O–H groups in total. The maximum absolute atomic E-state index is 12.9. The number of ether oxygens (including phenoxy) is 2. The number of sulfonamides is 1.